The molecule has 0 saturated carbocycles. The maximum Gasteiger partial charge on any atom is 0.108 e. The first-order valence-corrected chi connectivity index (χ1v) is 6.30. The van der Waals surface area contributed by atoms with Crippen LogP contribution in [0.4, 0.5) is 0 Å². The first-order valence-electron chi connectivity index (χ1n) is 6.30. The van der Waals surface area contributed by atoms with Crippen molar-refractivity contribution in [2.75, 3.05) is 0 Å². The SMILES string of the molecule is CCCC.CCCCn1ccnc1CC. The van der Waals surface area contributed by atoms with Crippen LogP contribution >= 0.6 is 0 Å². The molecule has 0 saturated heterocycles. The summed E-state index contributed by atoms with van der Waals surface area (Å²) in [4.78, 5) is 4.25. The van der Waals surface area contributed by atoms with Crippen molar-refractivity contribution in [3.05, 3.63) is 18.2 Å². The van der Waals surface area contributed by atoms with Gasteiger partial charge in [-0.1, -0.05) is 47.0 Å². The number of rotatable bonds is 5. The van der Waals surface area contributed by atoms with Gasteiger partial charge in [0, 0.05) is 25.4 Å². The number of unbranched alkanes of at least 4 members (excludes halogenated alkanes) is 2. The van der Waals surface area contributed by atoms with E-state index in [0.29, 0.717) is 0 Å². The molecule has 0 atom stereocenters. The minimum Gasteiger partial charge on any atom is -0.335 e. The van der Waals surface area contributed by atoms with Gasteiger partial charge in [-0.05, 0) is 6.42 Å². The lowest BCUT2D eigenvalue weighted by atomic mass is 10.3. The van der Waals surface area contributed by atoms with Crippen LogP contribution in [0.3, 0.4) is 0 Å². The summed E-state index contributed by atoms with van der Waals surface area (Å²) in [6, 6.07) is 0. The number of aryl methyl sites for hydroxylation is 2. The fraction of sp³-hybridized carbons (Fsp3) is 0.769. The molecular weight excluding hydrogens is 184 g/mol. The summed E-state index contributed by atoms with van der Waals surface area (Å²) in [6.07, 6.45) is 10.1. The topological polar surface area (TPSA) is 17.8 Å². The van der Waals surface area contributed by atoms with Crippen LogP contribution < -0.4 is 0 Å². The molecule has 0 unspecified atom stereocenters. The van der Waals surface area contributed by atoms with E-state index in [0.717, 1.165) is 13.0 Å². The van der Waals surface area contributed by atoms with Gasteiger partial charge in [0.2, 0.25) is 0 Å². The molecule has 0 aliphatic carbocycles. The van der Waals surface area contributed by atoms with Crippen LogP contribution in [0.25, 0.3) is 0 Å². The van der Waals surface area contributed by atoms with Gasteiger partial charge in [-0.25, -0.2) is 4.98 Å². The largest absolute Gasteiger partial charge is 0.335 e. The van der Waals surface area contributed by atoms with Crippen LogP contribution in [0.15, 0.2) is 12.4 Å². The van der Waals surface area contributed by atoms with Crippen LogP contribution in [0.1, 0.15) is 59.2 Å². The lowest BCUT2D eigenvalue weighted by molar-refractivity contribution is 0.606. The number of aromatic nitrogens is 2. The average molecular weight is 210 g/mol. The zero-order valence-electron chi connectivity index (χ0n) is 10.8. The third kappa shape index (κ3) is 6.32. The van der Waals surface area contributed by atoms with E-state index >= 15 is 0 Å². The van der Waals surface area contributed by atoms with E-state index in [2.05, 4.69) is 43.4 Å². The quantitative estimate of drug-likeness (QED) is 0.717. The fourth-order valence-corrected chi connectivity index (χ4v) is 1.19. The Morgan fingerprint density at radius 3 is 2.20 bits per heavy atom. The van der Waals surface area contributed by atoms with Crippen LogP contribution in [0, 0.1) is 0 Å². The van der Waals surface area contributed by atoms with E-state index in [-0.39, 0.29) is 0 Å². The summed E-state index contributed by atoms with van der Waals surface area (Å²) >= 11 is 0. The molecule has 1 heterocycles. The summed E-state index contributed by atoms with van der Waals surface area (Å²) in [5.41, 5.74) is 0. The number of imidazole rings is 1. The second-order valence-electron chi connectivity index (χ2n) is 3.74. The molecule has 88 valence electrons. The van der Waals surface area contributed by atoms with Gasteiger partial charge in [0.05, 0.1) is 0 Å². The van der Waals surface area contributed by atoms with Crippen molar-refractivity contribution < 1.29 is 0 Å². The summed E-state index contributed by atoms with van der Waals surface area (Å²) < 4.78 is 2.24. The molecular formula is C13H26N2. The maximum absolute atomic E-state index is 4.25. The van der Waals surface area contributed by atoms with Gasteiger partial charge in [-0.3, -0.25) is 0 Å². The van der Waals surface area contributed by atoms with Crippen molar-refractivity contribution in [2.24, 2.45) is 0 Å². The van der Waals surface area contributed by atoms with Crippen LogP contribution in [0.5, 0.6) is 0 Å². The molecule has 1 rings (SSSR count). The molecule has 0 aliphatic heterocycles. The Kier molecular flexibility index (Phi) is 9.24. The van der Waals surface area contributed by atoms with E-state index in [1.54, 1.807) is 0 Å². The normalized spacial score (nSPS) is 9.60. The number of nitrogens with zero attached hydrogens (tertiary/aromatic N) is 2. The molecule has 2 heteroatoms. The summed E-state index contributed by atoms with van der Waals surface area (Å²) in [5, 5.41) is 0. The maximum atomic E-state index is 4.25. The van der Waals surface area contributed by atoms with E-state index in [1.165, 1.54) is 31.5 Å². The molecule has 0 amide bonds. The lowest BCUT2D eigenvalue weighted by Gasteiger charge is -2.03. The first kappa shape index (κ1) is 14.2. The predicted molar refractivity (Wildman–Crippen MR) is 67.1 cm³/mol. The molecule has 2 nitrogen and oxygen atoms in total. The highest BCUT2D eigenvalue weighted by molar-refractivity contribution is 4.91. The Morgan fingerprint density at radius 1 is 1.07 bits per heavy atom. The molecule has 15 heavy (non-hydrogen) atoms. The van der Waals surface area contributed by atoms with Gasteiger partial charge < -0.3 is 4.57 Å². The summed E-state index contributed by atoms with van der Waals surface area (Å²) in [6.45, 7) is 9.84. The molecule has 0 fully saturated rings. The molecule has 0 bridgehead atoms. The highest BCUT2D eigenvalue weighted by Crippen LogP contribution is 2.01. The van der Waals surface area contributed by atoms with Crippen molar-refractivity contribution in [2.45, 2.75) is 66.3 Å². The minimum absolute atomic E-state index is 1.04. The Bertz CT molecular complexity index is 226. The van der Waals surface area contributed by atoms with Gasteiger partial charge >= 0.3 is 0 Å². The second kappa shape index (κ2) is 9.75. The molecule has 0 spiro atoms. The van der Waals surface area contributed by atoms with E-state index in [4.69, 9.17) is 0 Å². The minimum atomic E-state index is 1.04. The van der Waals surface area contributed by atoms with Crippen LogP contribution in [-0.2, 0) is 13.0 Å². The Morgan fingerprint density at radius 2 is 1.73 bits per heavy atom. The third-order valence-electron chi connectivity index (χ3n) is 2.37. The molecule has 0 aromatic carbocycles. The average Bonchev–Trinajstić information content (AvgIpc) is 2.74. The van der Waals surface area contributed by atoms with Gasteiger partial charge in [0.25, 0.3) is 0 Å². The monoisotopic (exact) mass is 210 g/mol. The van der Waals surface area contributed by atoms with Crippen molar-refractivity contribution >= 4 is 0 Å². The lowest BCUT2D eigenvalue weighted by Crippen LogP contribution is -2.01. The van der Waals surface area contributed by atoms with Crippen LogP contribution in [-0.4, -0.2) is 9.55 Å². The van der Waals surface area contributed by atoms with Gasteiger partial charge in [0.1, 0.15) is 5.82 Å². The third-order valence-corrected chi connectivity index (χ3v) is 2.37. The van der Waals surface area contributed by atoms with Gasteiger partial charge in [0.15, 0.2) is 0 Å². The number of hydrogen-bond donors (Lipinski definition) is 0. The van der Waals surface area contributed by atoms with Gasteiger partial charge in [-0.15, -0.1) is 0 Å². The molecule has 1 aromatic rings. The van der Waals surface area contributed by atoms with E-state index < -0.39 is 0 Å². The Balaban J connectivity index is 0.000000423. The molecule has 0 N–H and O–H groups in total. The standard InChI is InChI=1S/C9H16N2.C4H10/c1-3-5-7-11-8-6-10-9(11)4-2;1-3-4-2/h6,8H,3-5,7H2,1-2H3;3-4H2,1-2H3. The van der Waals surface area contributed by atoms with Gasteiger partial charge in [-0.2, -0.15) is 0 Å². The van der Waals surface area contributed by atoms with Crippen LogP contribution in [0.2, 0.25) is 0 Å². The summed E-state index contributed by atoms with van der Waals surface area (Å²) in [7, 11) is 0. The Labute approximate surface area is 94.7 Å². The predicted octanol–water partition coefficient (Wildman–Crippen LogP) is 4.05. The molecule has 0 radical (unpaired) electrons. The Hall–Kier alpha value is -0.790. The number of hydrogen-bond acceptors (Lipinski definition) is 1. The molecule has 1 aromatic heterocycles. The highest BCUT2D eigenvalue weighted by atomic mass is 15.1. The zero-order valence-corrected chi connectivity index (χ0v) is 10.8. The van der Waals surface area contributed by atoms with E-state index in [9.17, 15) is 0 Å². The highest BCUT2D eigenvalue weighted by Gasteiger charge is 1.97. The van der Waals surface area contributed by atoms with Crippen molar-refractivity contribution in [1.29, 1.82) is 0 Å². The molecule has 0 aliphatic rings. The van der Waals surface area contributed by atoms with E-state index in [1.807, 2.05) is 6.20 Å². The zero-order chi connectivity index (χ0) is 11.5. The summed E-state index contributed by atoms with van der Waals surface area (Å²) in [5.74, 6) is 1.21. The fourth-order valence-electron chi connectivity index (χ4n) is 1.19. The van der Waals surface area contributed by atoms with Crippen molar-refractivity contribution in [1.82, 2.24) is 9.55 Å². The van der Waals surface area contributed by atoms with Crippen molar-refractivity contribution in [3.8, 4) is 0 Å². The smallest absolute Gasteiger partial charge is 0.108 e. The van der Waals surface area contributed by atoms with Crippen molar-refractivity contribution in [3.63, 3.8) is 0 Å². The second-order valence-corrected chi connectivity index (χ2v) is 3.74. The first-order chi connectivity index (χ1) is 7.29.